The second kappa shape index (κ2) is 6.04. The van der Waals surface area contributed by atoms with Crippen molar-refractivity contribution in [1.29, 1.82) is 0 Å². The van der Waals surface area contributed by atoms with Crippen molar-refractivity contribution >= 4 is 11.4 Å². The topological polar surface area (TPSA) is 90.4 Å². The van der Waals surface area contributed by atoms with E-state index in [-0.39, 0.29) is 29.6 Å². The van der Waals surface area contributed by atoms with Gasteiger partial charge < -0.3 is 15.8 Å². The van der Waals surface area contributed by atoms with Crippen LogP contribution in [0.4, 0.5) is 15.8 Å². The van der Waals surface area contributed by atoms with Gasteiger partial charge in [-0.3, -0.25) is 10.1 Å². The number of anilines is 1. The fourth-order valence-electron chi connectivity index (χ4n) is 1.69. The van der Waals surface area contributed by atoms with Crippen LogP contribution in [0.5, 0.6) is 5.75 Å². The summed E-state index contributed by atoms with van der Waals surface area (Å²) >= 11 is 0. The maximum absolute atomic E-state index is 13.6. The number of nitro benzene ring substituents is 1. The van der Waals surface area contributed by atoms with E-state index in [0.29, 0.717) is 0 Å². The Morgan fingerprint density at radius 2 is 2.15 bits per heavy atom. The van der Waals surface area contributed by atoms with Gasteiger partial charge in [-0.05, 0) is 12.8 Å². The molecule has 1 aromatic carbocycles. The molecule has 20 heavy (non-hydrogen) atoms. The van der Waals surface area contributed by atoms with E-state index in [2.05, 4.69) is 5.32 Å². The molecule has 0 heterocycles. The molecule has 0 aliphatic heterocycles. The molecule has 0 radical (unpaired) electrons. The van der Waals surface area contributed by atoms with Crippen LogP contribution >= 0.6 is 0 Å². The molecule has 0 fully saturated rings. The number of nitrogens with zero attached hydrogens (tertiary/aromatic N) is 1. The van der Waals surface area contributed by atoms with Crippen molar-refractivity contribution in [2.24, 2.45) is 11.7 Å². The Kier molecular flexibility index (Phi) is 4.88. The van der Waals surface area contributed by atoms with Gasteiger partial charge >= 0.3 is 0 Å². The molecule has 0 aliphatic carbocycles. The average molecular weight is 285 g/mol. The molecule has 1 aromatic rings. The summed E-state index contributed by atoms with van der Waals surface area (Å²) in [5.41, 5.74) is 5.04. The predicted octanol–water partition coefficient (Wildman–Crippen LogP) is 2.53. The highest BCUT2D eigenvalue weighted by Crippen LogP contribution is 2.34. The molecule has 1 rings (SSSR count). The molecular weight excluding hydrogens is 265 g/mol. The first-order valence-corrected chi connectivity index (χ1v) is 6.25. The molecule has 6 nitrogen and oxygen atoms in total. The van der Waals surface area contributed by atoms with E-state index in [1.165, 1.54) is 13.2 Å². The van der Waals surface area contributed by atoms with Crippen LogP contribution < -0.4 is 15.8 Å². The number of nitro groups is 1. The van der Waals surface area contributed by atoms with Gasteiger partial charge in [0.05, 0.1) is 18.1 Å². The van der Waals surface area contributed by atoms with Crippen LogP contribution in [-0.4, -0.2) is 24.1 Å². The number of rotatable bonds is 6. The summed E-state index contributed by atoms with van der Waals surface area (Å²) in [5.74, 6) is -0.701. The van der Waals surface area contributed by atoms with Crippen LogP contribution in [0.1, 0.15) is 20.8 Å². The second-order valence-corrected chi connectivity index (χ2v) is 5.16. The number of halogens is 1. The molecule has 0 bridgehead atoms. The zero-order valence-electron chi connectivity index (χ0n) is 12.1. The number of nitrogens with two attached hydrogens (primary N) is 1. The number of hydrogen-bond acceptors (Lipinski definition) is 5. The van der Waals surface area contributed by atoms with Crippen LogP contribution in [0.2, 0.25) is 0 Å². The van der Waals surface area contributed by atoms with E-state index >= 15 is 0 Å². The molecule has 112 valence electrons. The Bertz CT molecular complexity index is 508. The lowest BCUT2D eigenvalue weighted by atomic mass is 9.88. The Morgan fingerprint density at radius 1 is 1.55 bits per heavy atom. The summed E-state index contributed by atoms with van der Waals surface area (Å²) in [6.45, 7) is 6.04. The highest BCUT2D eigenvalue weighted by molar-refractivity contribution is 5.65. The zero-order valence-corrected chi connectivity index (χ0v) is 12.1. The Hall–Kier alpha value is -1.89. The monoisotopic (exact) mass is 285 g/mol. The van der Waals surface area contributed by atoms with Gasteiger partial charge in [-0.25, -0.2) is 4.39 Å². The third-order valence-electron chi connectivity index (χ3n) is 3.59. The Balaban J connectivity index is 3.31. The smallest absolute Gasteiger partial charge is 0.295 e. The molecule has 0 aromatic heterocycles. The van der Waals surface area contributed by atoms with Crippen LogP contribution in [0.15, 0.2) is 12.1 Å². The van der Waals surface area contributed by atoms with E-state index in [0.717, 1.165) is 6.07 Å². The summed E-state index contributed by atoms with van der Waals surface area (Å²) in [4.78, 5) is 10.4. The third kappa shape index (κ3) is 3.16. The summed E-state index contributed by atoms with van der Waals surface area (Å²) in [6.07, 6.45) is 0. The first kappa shape index (κ1) is 16.2. The largest absolute Gasteiger partial charge is 0.494 e. The quantitative estimate of drug-likeness (QED) is 0.619. The molecule has 0 spiro atoms. The fourth-order valence-corrected chi connectivity index (χ4v) is 1.69. The van der Waals surface area contributed by atoms with Crippen molar-refractivity contribution in [3.05, 3.63) is 28.1 Å². The summed E-state index contributed by atoms with van der Waals surface area (Å²) in [7, 11) is 1.30. The minimum atomic E-state index is -0.774. The lowest BCUT2D eigenvalue weighted by Crippen LogP contribution is -2.47. The molecule has 0 aliphatic rings. The molecule has 7 heteroatoms. The van der Waals surface area contributed by atoms with E-state index in [1.54, 1.807) is 0 Å². The number of hydrogen-bond donors (Lipinski definition) is 2. The van der Waals surface area contributed by atoms with Crippen LogP contribution in [0.3, 0.4) is 0 Å². The van der Waals surface area contributed by atoms with Gasteiger partial charge in [0.1, 0.15) is 5.69 Å². The molecular formula is C13H20FN3O3. The molecule has 0 saturated heterocycles. The highest BCUT2D eigenvalue weighted by Gasteiger charge is 2.30. The Labute approximate surface area is 117 Å². The minimum Gasteiger partial charge on any atom is -0.494 e. The number of methoxy groups -OCH3 is 1. The van der Waals surface area contributed by atoms with E-state index in [9.17, 15) is 14.5 Å². The first-order valence-electron chi connectivity index (χ1n) is 6.25. The summed E-state index contributed by atoms with van der Waals surface area (Å²) < 4.78 is 18.4. The first-order chi connectivity index (χ1) is 9.25. The van der Waals surface area contributed by atoms with Gasteiger partial charge in [0.2, 0.25) is 0 Å². The lowest BCUT2D eigenvalue weighted by molar-refractivity contribution is -0.384. The van der Waals surface area contributed by atoms with E-state index in [4.69, 9.17) is 10.5 Å². The number of ether oxygens (including phenoxy) is 1. The Morgan fingerprint density at radius 3 is 2.55 bits per heavy atom. The van der Waals surface area contributed by atoms with Crippen molar-refractivity contribution in [3.8, 4) is 5.75 Å². The van der Waals surface area contributed by atoms with Crippen LogP contribution in [0.25, 0.3) is 0 Å². The van der Waals surface area contributed by atoms with Gasteiger partial charge in [0, 0.05) is 18.2 Å². The minimum absolute atomic E-state index is 0.0544. The second-order valence-electron chi connectivity index (χ2n) is 5.16. The number of nitrogens with one attached hydrogen (secondary N) is 1. The molecule has 1 atom stereocenters. The van der Waals surface area contributed by atoms with E-state index < -0.39 is 16.3 Å². The zero-order chi connectivity index (χ0) is 15.5. The standard InChI is InChI=1S/C13H20FN3O3/c1-8(2)13(3,7-15)16-10-6-12(20-4)9(14)5-11(10)17(18)19/h5-6,8,16H,7,15H2,1-4H3. The highest BCUT2D eigenvalue weighted by atomic mass is 19.1. The molecule has 0 saturated carbocycles. The van der Waals surface area contributed by atoms with Gasteiger partial charge in [0.15, 0.2) is 11.6 Å². The molecule has 3 N–H and O–H groups in total. The molecule has 1 unspecified atom stereocenters. The van der Waals surface area contributed by atoms with Gasteiger partial charge in [-0.15, -0.1) is 0 Å². The lowest BCUT2D eigenvalue weighted by Gasteiger charge is -2.34. The maximum atomic E-state index is 13.6. The van der Waals surface area contributed by atoms with Crippen molar-refractivity contribution in [1.82, 2.24) is 0 Å². The predicted molar refractivity (Wildman–Crippen MR) is 75.5 cm³/mol. The SMILES string of the molecule is COc1cc(NC(C)(CN)C(C)C)c([N+](=O)[O-])cc1F. The van der Waals surface area contributed by atoms with Gasteiger partial charge in [-0.2, -0.15) is 0 Å². The van der Waals surface area contributed by atoms with Crippen LogP contribution in [-0.2, 0) is 0 Å². The maximum Gasteiger partial charge on any atom is 0.295 e. The van der Waals surface area contributed by atoms with Crippen LogP contribution in [0, 0.1) is 21.8 Å². The van der Waals surface area contributed by atoms with Crippen molar-refractivity contribution in [2.75, 3.05) is 19.0 Å². The van der Waals surface area contributed by atoms with Gasteiger partial charge in [-0.1, -0.05) is 13.8 Å². The summed E-state index contributed by atoms with van der Waals surface area (Å²) in [6, 6.07) is 2.13. The van der Waals surface area contributed by atoms with Gasteiger partial charge in [0.25, 0.3) is 5.69 Å². The molecule has 0 amide bonds. The van der Waals surface area contributed by atoms with Crippen molar-refractivity contribution in [2.45, 2.75) is 26.3 Å². The van der Waals surface area contributed by atoms with Crippen molar-refractivity contribution < 1.29 is 14.1 Å². The normalized spacial score (nSPS) is 13.9. The van der Waals surface area contributed by atoms with Crippen molar-refractivity contribution in [3.63, 3.8) is 0 Å². The van der Waals surface area contributed by atoms with E-state index in [1.807, 2.05) is 20.8 Å². The average Bonchev–Trinajstić information content (AvgIpc) is 2.39. The fraction of sp³-hybridized carbons (Fsp3) is 0.538. The summed E-state index contributed by atoms with van der Waals surface area (Å²) in [5, 5.41) is 14.1. The third-order valence-corrected chi connectivity index (χ3v) is 3.59. The number of benzene rings is 1.